The van der Waals surface area contributed by atoms with Gasteiger partial charge < -0.3 is 5.11 Å². The van der Waals surface area contributed by atoms with E-state index < -0.39 is 0 Å². The molecular formula is C23H31NO. The molecule has 0 aliphatic carbocycles. The summed E-state index contributed by atoms with van der Waals surface area (Å²) in [6, 6.07) is 23.0. The Labute approximate surface area is 152 Å². The molecule has 2 heteroatoms. The largest absolute Gasteiger partial charge is 0.396 e. The monoisotopic (exact) mass is 337 g/mol. The summed E-state index contributed by atoms with van der Waals surface area (Å²) in [5, 5.41) is 9.41. The molecule has 0 spiro atoms. The van der Waals surface area contributed by atoms with Crippen molar-refractivity contribution in [3.05, 3.63) is 71.8 Å². The van der Waals surface area contributed by atoms with Crippen molar-refractivity contribution >= 4 is 0 Å². The highest BCUT2D eigenvalue weighted by Crippen LogP contribution is 2.50. The van der Waals surface area contributed by atoms with Crippen molar-refractivity contribution in [2.75, 3.05) is 13.7 Å². The molecule has 1 N–H and O–H groups in total. The van der Waals surface area contributed by atoms with Crippen LogP contribution < -0.4 is 0 Å². The summed E-state index contributed by atoms with van der Waals surface area (Å²) < 4.78 is 0. The Balaban J connectivity index is 2.08. The van der Waals surface area contributed by atoms with Gasteiger partial charge in [-0.05, 0) is 36.9 Å². The summed E-state index contributed by atoms with van der Waals surface area (Å²) in [6.45, 7) is 4.95. The molecule has 0 saturated carbocycles. The third kappa shape index (κ3) is 3.65. The maximum absolute atomic E-state index is 9.41. The fourth-order valence-electron chi connectivity index (χ4n) is 4.93. The Morgan fingerprint density at radius 3 is 1.88 bits per heavy atom. The molecule has 0 amide bonds. The lowest BCUT2D eigenvalue weighted by molar-refractivity contribution is 0.173. The van der Waals surface area contributed by atoms with Crippen molar-refractivity contribution in [2.24, 2.45) is 5.92 Å². The number of rotatable bonds is 6. The first-order valence-corrected chi connectivity index (χ1v) is 9.57. The first kappa shape index (κ1) is 18.2. The Hall–Kier alpha value is -1.64. The standard InChI is InChI=1S/C23H31NO/c1-17(2)23-22(19-13-8-5-9-14-19)21(18-11-6-4-7-12-18)20(24(23)3)15-10-16-25/h4-9,11-14,17,20-23,25H,10,15-16H2,1-3H3/t20-,21+,22-,23+/m1/s1. The van der Waals surface area contributed by atoms with E-state index in [1.54, 1.807) is 0 Å². The van der Waals surface area contributed by atoms with Crippen LogP contribution in [0.2, 0.25) is 0 Å². The topological polar surface area (TPSA) is 23.5 Å². The number of nitrogens with zero attached hydrogens (tertiary/aromatic N) is 1. The summed E-state index contributed by atoms with van der Waals surface area (Å²) in [4.78, 5) is 2.59. The van der Waals surface area contributed by atoms with Gasteiger partial charge in [-0.15, -0.1) is 0 Å². The van der Waals surface area contributed by atoms with Crippen molar-refractivity contribution < 1.29 is 5.11 Å². The minimum atomic E-state index is 0.272. The van der Waals surface area contributed by atoms with Crippen LogP contribution in [-0.2, 0) is 0 Å². The molecule has 0 bridgehead atoms. The van der Waals surface area contributed by atoms with Gasteiger partial charge in [0.05, 0.1) is 0 Å². The van der Waals surface area contributed by atoms with Gasteiger partial charge in [0.2, 0.25) is 0 Å². The maximum Gasteiger partial charge on any atom is 0.0431 e. The van der Waals surface area contributed by atoms with E-state index in [-0.39, 0.29) is 6.61 Å². The van der Waals surface area contributed by atoms with Crippen LogP contribution in [0.4, 0.5) is 0 Å². The lowest BCUT2D eigenvalue weighted by Gasteiger charge is -2.31. The molecular weight excluding hydrogens is 306 g/mol. The van der Waals surface area contributed by atoms with Gasteiger partial charge in [0, 0.05) is 30.5 Å². The Morgan fingerprint density at radius 1 is 0.880 bits per heavy atom. The molecule has 2 aromatic rings. The zero-order valence-corrected chi connectivity index (χ0v) is 15.7. The minimum absolute atomic E-state index is 0.272. The molecule has 4 atom stereocenters. The van der Waals surface area contributed by atoms with E-state index in [0.717, 1.165) is 12.8 Å². The number of aliphatic hydroxyl groups is 1. The van der Waals surface area contributed by atoms with Gasteiger partial charge >= 0.3 is 0 Å². The van der Waals surface area contributed by atoms with Gasteiger partial charge in [0.1, 0.15) is 0 Å². The third-order valence-electron chi connectivity index (χ3n) is 5.87. The highest BCUT2D eigenvalue weighted by atomic mass is 16.2. The molecule has 1 aliphatic heterocycles. The zero-order valence-electron chi connectivity index (χ0n) is 15.7. The first-order chi connectivity index (χ1) is 12.1. The Morgan fingerprint density at radius 2 is 1.40 bits per heavy atom. The molecule has 1 aliphatic rings. The number of hydrogen-bond donors (Lipinski definition) is 1. The van der Waals surface area contributed by atoms with Crippen LogP contribution >= 0.6 is 0 Å². The molecule has 1 saturated heterocycles. The fourth-order valence-corrected chi connectivity index (χ4v) is 4.93. The van der Waals surface area contributed by atoms with Crippen molar-refractivity contribution in [3.63, 3.8) is 0 Å². The third-order valence-corrected chi connectivity index (χ3v) is 5.87. The Bertz CT molecular complexity index is 640. The van der Waals surface area contributed by atoms with Gasteiger partial charge in [0.25, 0.3) is 0 Å². The van der Waals surface area contributed by atoms with Crippen molar-refractivity contribution in [2.45, 2.75) is 50.6 Å². The van der Waals surface area contributed by atoms with Crippen LogP contribution in [0, 0.1) is 5.92 Å². The van der Waals surface area contributed by atoms with Gasteiger partial charge in [-0.2, -0.15) is 0 Å². The van der Waals surface area contributed by atoms with Gasteiger partial charge in [-0.3, -0.25) is 4.90 Å². The molecule has 1 heterocycles. The zero-order chi connectivity index (χ0) is 17.8. The lowest BCUT2D eigenvalue weighted by Crippen LogP contribution is -2.37. The quantitative estimate of drug-likeness (QED) is 0.828. The summed E-state index contributed by atoms with van der Waals surface area (Å²) in [7, 11) is 2.28. The van der Waals surface area contributed by atoms with E-state index >= 15 is 0 Å². The average molecular weight is 338 g/mol. The molecule has 2 aromatic carbocycles. The second kappa shape index (κ2) is 8.16. The van der Waals surface area contributed by atoms with Gasteiger partial charge in [-0.25, -0.2) is 0 Å². The molecule has 3 rings (SSSR count). The minimum Gasteiger partial charge on any atom is -0.396 e. The highest BCUT2D eigenvalue weighted by Gasteiger charge is 2.48. The normalized spacial score (nSPS) is 27.1. The number of benzene rings is 2. The maximum atomic E-state index is 9.41. The van der Waals surface area contributed by atoms with Crippen LogP contribution in [0.3, 0.4) is 0 Å². The van der Waals surface area contributed by atoms with Crippen LogP contribution in [0.1, 0.15) is 49.7 Å². The molecule has 134 valence electrons. The van der Waals surface area contributed by atoms with E-state index in [0.29, 0.717) is 29.8 Å². The predicted octanol–water partition coefficient (Wildman–Crippen LogP) is 4.67. The van der Waals surface area contributed by atoms with E-state index in [1.807, 2.05) is 0 Å². The SMILES string of the molecule is CC(C)[C@H]1[C@H](c2ccccc2)[C@@H](c2ccccc2)[C@@H](CCCO)N1C. The molecule has 1 fully saturated rings. The van der Waals surface area contributed by atoms with Gasteiger partial charge in [-0.1, -0.05) is 74.5 Å². The number of likely N-dealkylation sites (tertiary alicyclic amines) is 1. The van der Waals surface area contributed by atoms with E-state index in [9.17, 15) is 5.11 Å². The van der Waals surface area contributed by atoms with Crippen molar-refractivity contribution in [3.8, 4) is 0 Å². The summed E-state index contributed by atoms with van der Waals surface area (Å²) in [5.74, 6) is 1.53. The molecule has 2 nitrogen and oxygen atoms in total. The second-order valence-electron chi connectivity index (χ2n) is 7.71. The van der Waals surface area contributed by atoms with Crippen LogP contribution in [-0.4, -0.2) is 35.7 Å². The summed E-state index contributed by atoms with van der Waals surface area (Å²) in [6.07, 6.45) is 1.91. The second-order valence-corrected chi connectivity index (χ2v) is 7.71. The number of aliphatic hydroxyl groups excluding tert-OH is 1. The summed E-state index contributed by atoms with van der Waals surface area (Å²) in [5.41, 5.74) is 2.86. The van der Waals surface area contributed by atoms with E-state index in [4.69, 9.17) is 0 Å². The number of hydrogen-bond acceptors (Lipinski definition) is 2. The van der Waals surface area contributed by atoms with E-state index in [1.165, 1.54) is 11.1 Å². The van der Waals surface area contributed by atoms with Crippen molar-refractivity contribution in [1.82, 2.24) is 4.90 Å². The van der Waals surface area contributed by atoms with Crippen LogP contribution in [0.15, 0.2) is 60.7 Å². The number of likely N-dealkylation sites (N-methyl/N-ethyl adjacent to an activating group) is 1. The smallest absolute Gasteiger partial charge is 0.0431 e. The van der Waals surface area contributed by atoms with Gasteiger partial charge in [0.15, 0.2) is 0 Å². The van der Waals surface area contributed by atoms with Crippen LogP contribution in [0.25, 0.3) is 0 Å². The predicted molar refractivity (Wildman–Crippen MR) is 105 cm³/mol. The molecule has 25 heavy (non-hydrogen) atoms. The van der Waals surface area contributed by atoms with E-state index in [2.05, 4.69) is 86.5 Å². The molecule has 0 radical (unpaired) electrons. The highest BCUT2D eigenvalue weighted by molar-refractivity contribution is 5.34. The Kier molecular flexibility index (Phi) is 5.93. The summed E-state index contributed by atoms with van der Waals surface area (Å²) >= 11 is 0. The fraction of sp³-hybridized carbons (Fsp3) is 0.478. The average Bonchev–Trinajstić information content (AvgIpc) is 2.94. The first-order valence-electron chi connectivity index (χ1n) is 9.57. The molecule has 0 aromatic heterocycles. The lowest BCUT2D eigenvalue weighted by atomic mass is 9.75. The van der Waals surface area contributed by atoms with Crippen LogP contribution in [0.5, 0.6) is 0 Å². The van der Waals surface area contributed by atoms with Crippen molar-refractivity contribution in [1.29, 1.82) is 0 Å². The molecule has 0 unspecified atom stereocenters.